The average Bonchev–Trinajstić information content (AvgIpc) is 2.70. The molecule has 1 aromatic heterocycles. The third-order valence-corrected chi connectivity index (χ3v) is 2.52. The molecule has 16 heavy (non-hydrogen) atoms. The van der Waals surface area contributed by atoms with Crippen molar-refractivity contribution in [3.63, 3.8) is 0 Å². The SMILES string of the molecule is COC(=O)CCn1nnnc1SCC(=O)O. The van der Waals surface area contributed by atoms with E-state index in [2.05, 4.69) is 20.3 Å². The summed E-state index contributed by atoms with van der Waals surface area (Å²) in [5, 5.41) is 19.5. The Morgan fingerprint density at radius 3 is 2.94 bits per heavy atom. The second-order valence-electron chi connectivity index (χ2n) is 2.69. The minimum Gasteiger partial charge on any atom is -0.481 e. The molecule has 1 rings (SSSR count). The molecule has 0 radical (unpaired) electrons. The van der Waals surface area contributed by atoms with E-state index in [0.29, 0.717) is 5.16 Å². The molecule has 88 valence electrons. The third kappa shape index (κ3) is 3.85. The molecule has 1 N–H and O–H groups in total. The predicted octanol–water partition coefficient (Wildman–Crippen LogP) is -0.587. The van der Waals surface area contributed by atoms with Crippen molar-refractivity contribution in [2.75, 3.05) is 12.9 Å². The van der Waals surface area contributed by atoms with Crippen LogP contribution in [0.15, 0.2) is 5.16 Å². The average molecular weight is 246 g/mol. The number of tetrazole rings is 1. The molecule has 0 unspecified atom stereocenters. The summed E-state index contributed by atoms with van der Waals surface area (Å²) in [7, 11) is 1.29. The van der Waals surface area contributed by atoms with Crippen molar-refractivity contribution in [2.24, 2.45) is 0 Å². The Balaban J connectivity index is 2.50. The molecule has 0 bridgehead atoms. The van der Waals surface area contributed by atoms with Gasteiger partial charge in [-0.15, -0.1) is 5.10 Å². The van der Waals surface area contributed by atoms with Gasteiger partial charge in [0.1, 0.15) is 0 Å². The summed E-state index contributed by atoms with van der Waals surface area (Å²) < 4.78 is 5.83. The molecule has 0 aliphatic carbocycles. The van der Waals surface area contributed by atoms with Gasteiger partial charge in [0.15, 0.2) is 0 Å². The van der Waals surface area contributed by atoms with E-state index in [4.69, 9.17) is 5.11 Å². The van der Waals surface area contributed by atoms with Gasteiger partial charge >= 0.3 is 11.9 Å². The first-order valence-corrected chi connectivity index (χ1v) is 5.29. The first kappa shape index (κ1) is 12.4. The van der Waals surface area contributed by atoms with E-state index in [1.807, 2.05) is 0 Å². The van der Waals surface area contributed by atoms with Crippen LogP contribution in [0.1, 0.15) is 6.42 Å². The number of nitrogens with zero attached hydrogens (tertiary/aromatic N) is 4. The molecule has 0 spiro atoms. The van der Waals surface area contributed by atoms with E-state index >= 15 is 0 Å². The molecule has 0 amide bonds. The minimum atomic E-state index is -0.951. The van der Waals surface area contributed by atoms with Crippen LogP contribution in [0.4, 0.5) is 0 Å². The second kappa shape index (κ2) is 6.05. The minimum absolute atomic E-state index is 0.126. The van der Waals surface area contributed by atoms with Crippen molar-refractivity contribution >= 4 is 23.7 Å². The van der Waals surface area contributed by atoms with Gasteiger partial charge in [-0.3, -0.25) is 9.59 Å². The Kier molecular flexibility index (Phi) is 4.70. The number of ether oxygens (including phenoxy) is 1. The fourth-order valence-corrected chi connectivity index (χ4v) is 1.49. The number of hydrogen-bond acceptors (Lipinski definition) is 7. The molecule has 1 aromatic rings. The topological polar surface area (TPSA) is 107 Å². The number of esters is 1. The van der Waals surface area contributed by atoms with E-state index in [9.17, 15) is 9.59 Å². The van der Waals surface area contributed by atoms with Gasteiger partial charge in [-0.2, -0.15) is 0 Å². The molecule has 0 saturated carbocycles. The lowest BCUT2D eigenvalue weighted by molar-refractivity contribution is -0.141. The normalized spacial score (nSPS) is 10.1. The number of thioether (sulfide) groups is 1. The Bertz CT molecular complexity index is 380. The Hall–Kier alpha value is -1.64. The molecule has 0 atom stereocenters. The van der Waals surface area contributed by atoms with Crippen molar-refractivity contribution in [1.82, 2.24) is 20.2 Å². The fraction of sp³-hybridized carbons (Fsp3) is 0.571. The Labute approximate surface area is 95.0 Å². The van der Waals surface area contributed by atoms with E-state index in [1.165, 1.54) is 11.8 Å². The largest absolute Gasteiger partial charge is 0.481 e. The van der Waals surface area contributed by atoms with Gasteiger partial charge in [-0.1, -0.05) is 11.8 Å². The summed E-state index contributed by atoms with van der Waals surface area (Å²) in [5.74, 6) is -1.45. The van der Waals surface area contributed by atoms with E-state index in [-0.39, 0.29) is 24.7 Å². The highest BCUT2D eigenvalue weighted by Crippen LogP contribution is 2.13. The second-order valence-corrected chi connectivity index (χ2v) is 3.64. The van der Waals surface area contributed by atoms with Gasteiger partial charge < -0.3 is 9.84 Å². The summed E-state index contributed by atoms with van der Waals surface area (Å²) in [6, 6.07) is 0. The molecule has 0 saturated heterocycles. The smallest absolute Gasteiger partial charge is 0.313 e. The summed E-state index contributed by atoms with van der Waals surface area (Å²) >= 11 is 0.996. The van der Waals surface area contributed by atoms with Crippen LogP contribution in [0, 0.1) is 0 Å². The number of carboxylic acid groups (broad SMARTS) is 1. The molecule has 1 heterocycles. The number of hydrogen-bond donors (Lipinski definition) is 1. The number of carbonyl (C=O) groups excluding carboxylic acids is 1. The van der Waals surface area contributed by atoms with E-state index < -0.39 is 5.97 Å². The maximum atomic E-state index is 10.9. The number of aromatic nitrogens is 4. The molecular formula is C7H10N4O4S. The van der Waals surface area contributed by atoms with Gasteiger partial charge in [-0.05, 0) is 10.4 Å². The zero-order valence-corrected chi connectivity index (χ0v) is 9.31. The van der Waals surface area contributed by atoms with Crippen molar-refractivity contribution in [3.05, 3.63) is 0 Å². The monoisotopic (exact) mass is 246 g/mol. The molecule has 9 heteroatoms. The number of aliphatic carboxylic acids is 1. The van der Waals surface area contributed by atoms with Gasteiger partial charge in [0.25, 0.3) is 0 Å². The van der Waals surface area contributed by atoms with E-state index in [1.54, 1.807) is 0 Å². The number of methoxy groups -OCH3 is 1. The quantitative estimate of drug-likeness (QED) is 0.524. The number of aryl methyl sites for hydroxylation is 1. The Morgan fingerprint density at radius 1 is 1.56 bits per heavy atom. The Morgan fingerprint density at radius 2 is 2.31 bits per heavy atom. The molecule has 8 nitrogen and oxygen atoms in total. The molecule has 0 aromatic carbocycles. The maximum Gasteiger partial charge on any atom is 0.313 e. The first-order valence-electron chi connectivity index (χ1n) is 4.31. The highest BCUT2D eigenvalue weighted by Gasteiger charge is 2.10. The zero-order chi connectivity index (χ0) is 12.0. The molecule has 0 fully saturated rings. The van der Waals surface area contributed by atoms with Crippen LogP contribution in [0.25, 0.3) is 0 Å². The van der Waals surface area contributed by atoms with Crippen molar-refractivity contribution in [1.29, 1.82) is 0 Å². The van der Waals surface area contributed by atoms with Gasteiger partial charge in [0.05, 0.1) is 25.8 Å². The standard InChI is InChI=1S/C7H10N4O4S/c1-15-6(14)2-3-11-7(8-9-10-11)16-4-5(12)13/h2-4H2,1H3,(H,12,13). The van der Waals surface area contributed by atoms with Crippen LogP contribution >= 0.6 is 11.8 Å². The highest BCUT2D eigenvalue weighted by atomic mass is 32.2. The number of carbonyl (C=O) groups is 2. The zero-order valence-electron chi connectivity index (χ0n) is 8.49. The summed E-state index contributed by atoms with van der Waals surface area (Å²) in [4.78, 5) is 21.2. The van der Waals surface area contributed by atoms with Crippen LogP contribution in [0.2, 0.25) is 0 Å². The fourth-order valence-electron chi connectivity index (χ4n) is 0.866. The van der Waals surface area contributed by atoms with Crippen LogP contribution in [0.5, 0.6) is 0 Å². The summed E-state index contributed by atoms with van der Waals surface area (Å²) in [5.41, 5.74) is 0. The third-order valence-electron chi connectivity index (χ3n) is 1.58. The van der Waals surface area contributed by atoms with Crippen LogP contribution in [-0.4, -0.2) is 50.1 Å². The van der Waals surface area contributed by atoms with Crippen LogP contribution in [-0.2, 0) is 20.9 Å². The summed E-state index contributed by atoms with van der Waals surface area (Å²) in [6.45, 7) is 0.266. The molecular weight excluding hydrogens is 236 g/mol. The number of carboxylic acids is 1. The van der Waals surface area contributed by atoms with Crippen LogP contribution in [0.3, 0.4) is 0 Å². The lowest BCUT2D eigenvalue weighted by Crippen LogP contribution is -2.10. The number of rotatable bonds is 6. The maximum absolute atomic E-state index is 10.9. The van der Waals surface area contributed by atoms with Crippen molar-refractivity contribution in [2.45, 2.75) is 18.1 Å². The van der Waals surface area contributed by atoms with Crippen molar-refractivity contribution in [3.8, 4) is 0 Å². The van der Waals surface area contributed by atoms with E-state index in [0.717, 1.165) is 11.8 Å². The van der Waals surface area contributed by atoms with Gasteiger partial charge in [0.2, 0.25) is 5.16 Å². The van der Waals surface area contributed by atoms with Crippen molar-refractivity contribution < 1.29 is 19.4 Å². The van der Waals surface area contributed by atoms with Gasteiger partial charge in [0, 0.05) is 0 Å². The van der Waals surface area contributed by atoms with Crippen LogP contribution < -0.4 is 0 Å². The lowest BCUT2D eigenvalue weighted by atomic mass is 10.4. The molecule has 0 aliphatic heterocycles. The molecule has 0 aliphatic rings. The lowest BCUT2D eigenvalue weighted by Gasteiger charge is -2.01. The summed E-state index contributed by atoms with van der Waals surface area (Å²) in [6.07, 6.45) is 0.141. The highest BCUT2D eigenvalue weighted by molar-refractivity contribution is 7.99. The first-order chi connectivity index (χ1) is 7.63. The van der Waals surface area contributed by atoms with Gasteiger partial charge in [-0.25, -0.2) is 4.68 Å². The predicted molar refractivity (Wildman–Crippen MR) is 52.8 cm³/mol.